The predicted octanol–water partition coefficient (Wildman–Crippen LogP) is -2.39. The van der Waals surface area contributed by atoms with E-state index in [4.69, 9.17) is 15.6 Å². The maximum Gasteiger partial charge on any atom is 0.336 e. The number of rotatable bonds is 6. The van der Waals surface area contributed by atoms with Crippen LogP contribution in [0.2, 0.25) is 0 Å². The summed E-state index contributed by atoms with van der Waals surface area (Å²) in [6.07, 6.45) is -2.16. The molecule has 0 aliphatic heterocycles. The number of esters is 1. The highest BCUT2D eigenvalue weighted by atomic mass is 16.5. The Balaban J connectivity index is 3.94. The van der Waals surface area contributed by atoms with Crippen LogP contribution >= 0.6 is 0 Å². The second-order valence-electron chi connectivity index (χ2n) is 2.74. The van der Waals surface area contributed by atoms with Crippen LogP contribution in [0.3, 0.4) is 0 Å². The lowest BCUT2D eigenvalue weighted by Crippen LogP contribution is -2.45. The first kappa shape index (κ1) is 13.8. The Kier molecular flexibility index (Phi) is 6.59. The summed E-state index contributed by atoms with van der Waals surface area (Å²) in [5, 5.41) is 11.4. The number of aliphatic hydroxyl groups excluding tert-OH is 1. The molecule has 2 unspecified atom stereocenters. The van der Waals surface area contributed by atoms with Gasteiger partial charge in [0.15, 0.2) is 6.10 Å². The summed E-state index contributed by atoms with van der Waals surface area (Å²) in [5.41, 5.74) is 5.24. The first-order valence-corrected chi connectivity index (χ1v) is 4.33. The maximum atomic E-state index is 11.2. The third-order valence-corrected chi connectivity index (χ3v) is 1.73. The van der Waals surface area contributed by atoms with Gasteiger partial charge in [-0.1, -0.05) is 0 Å². The normalized spacial score (nSPS) is 14.1. The van der Waals surface area contributed by atoms with Crippen molar-refractivity contribution in [2.45, 2.75) is 12.2 Å². The van der Waals surface area contributed by atoms with Gasteiger partial charge in [0.1, 0.15) is 6.10 Å². The van der Waals surface area contributed by atoms with Crippen molar-refractivity contribution in [3.63, 3.8) is 0 Å². The van der Waals surface area contributed by atoms with Crippen molar-refractivity contribution >= 4 is 11.9 Å². The average molecular weight is 220 g/mol. The zero-order valence-electron chi connectivity index (χ0n) is 8.73. The molecule has 2 atom stereocenters. The summed E-state index contributed by atoms with van der Waals surface area (Å²) in [6, 6.07) is 0. The Morgan fingerprint density at radius 3 is 2.47 bits per heavy atom. The number of hydrogen-bond donors (Lipinski definition) is 3. The Labute approximate surface area is 87.5 Å². The zero-order chi connectivity index (χ0) is 11.8. The number of nitrogens with one attached hydrogen (secondary N) is 1. The van der Waals surface area contributed by atoms with E-state index in [1.165, 1.54) is 7.11 Å². The molecule has 0 aromatic rings. The molecule has 0 aromatic carbocycles. The van der Waals surface area contributed by atoms with E-state index in [1.54, 1.807) is 0 Å². The SMILES string of the molecule is COC(=O)C(O)CNC(=O)C(CN)OC. The smallest absolute Gasteiger partial charge is 0.336 e. The molecule has 0 heterocycles. The molecule has 0 radical (unpaired) electrons. The molecule has 0 aliphatic rings. The van der Waals surface area contributed by atoms with Gasteiger partial charge in [0, 0.05) is 13.7 Å². The molecule has 15 heavy (non-hydrogen) atoms. The fraction of sp³-hybridized carbons (Fsp3) is 0.750. The summed E-state index contributed by atoms with van der Waals surface area (Å²) in [6.45, 7) is -0.206. The molecule has 0 fully saturated rings. The Morgan fingerprint density at radius 2 is 2.07 bits per heavy atom. The van der Waals surface area contributed by atoms with Crippen LogP contribution in [-0.2, 0) is 19.1 Å². The Morgan fingerprint density at radius 1 is 1.47 bits per heavy atom. The molecule has 88 valence electrons. The summed E-state index contributed by atoms with van der Waals surface area (Å²) in [4.78, 5) is 22.0. The Bertz CT molecular complexity index is 217. The summed E-state index contributed by atoms with van der Waals surface area (Å²) >= 11 is 0. The van der Waals surface area contributed by atoms with Crippen molar-refractivity contribution in [1.29, 1.82) is 0 Å². The van der Waals surface area contributed by atoms with Crippen molar-refractivity contribution in [3.05, 3.63) is 0 Å². The van der Waals surface area contributed by atoms with Gasteiger partial charge in [-0.05, 0) is 0 Å². The van der Waals surface area contributed by atoms with Crippen molar-refractivity contribution < 1.29 is 24.2 Å². The highest BCUT2D eigenvalue weighted by Gasteiger charge is 2.20. The molecule has 0 spiro atoms. The molecular formula is C8H16N2O5. The number of amides is 1. The van der Waals surface area contributed by atoms with E-state index in [9.17, 15) is 9.59 Å². The van der Waals surface area contributed by atoms with Gasteiger partial charge in [0.05, 0.1) is 13.7 Å². The highest BCUT2D eigenvalue weighted by molar-refractivity contribution is 5.82. The van der Waals surface area contributed by atoms with E-state index in [-0.39, 0.29) is 13.1 Å². The molecule has 0 aromatic heterocycles. The van der Waals surface area contributed by atoms with Gasteiger partial charge in [0.2, 0.25) is 0 Å². The molecule has 7 heteroatoms. The number of nitrogens with two attached hydrogens (primary N) is 1. The standard InChI is InChI=1S/C8H16N2O5/c1-14-6(3-9)7(12)10-4-5(11)8(13)15-2/h5-6,11H,3-4,9H2,1-2H3,(H,10,12). The van der Waals surface area contributed by atoms with Crippen molar-refractivity contribution in [3.8, 4) is 0 Å². The lowest BCUT2D eigenvalue weighted by atomic mass is 10.3. The second kappa shape index (κ2) is 7.16. The van der Waals surface area contributed by atoms with E-state index in [2.05, 4.69) is 10.1 Å². The van der Waals surface area contributed by atoms with Gasteiger partial charge < -0.3 is 25.6 Å². The fourth-order valence-electron chi connectivity index (χ4n) is 0.841. The van der Waals surface area contributed by atoms with Crippen molar-refractivity contribution in [1.82, 2.24) is 5.32 Å². The molecular weight excluding hydrogens is 204 g/mol. The van der Waals surface area contributed by atoms with E-state index in [0.29, 0.717) is 0 Å². The molecule has 0 aliphatic carbocycles. The monoisotopic (exact) mass is 220 g/mol. The van der Waals surface area contributed by atoms with Crippen LogP contribution in [0.15, 0.2) is 0 Å². The molecule has 0 bridgehead atoms. The maximum absolute atomic E-state index is 11.2. The minimum absolute atomic E-state index is 0.0245. The number of hydrogen-bond acceptors (Lipinski definition) is 6. The summed E-state index contributed by atoms with van der Waals surface area (Å²) < 4.78 is 9.01. The Hall–Kier alpha value is -1.18. The van der Waals surface area contributed by atoms with Crippen LogP contribution in [0, 0.1) is 0 Å². The van der Waals surface area contributed by atoms with E-state index in [0.717, 1.165) is 7.11 Å². The largest absolute Gasteiger partial charge is 0.467 e. The van der Waals surface area contributed by atoms with Crippen LogP contribution in [-0.4, -0.2) is 56.5 Å². The van der Waals surface area contributed by atoms with Gasteiger partial charge >= 0.3 is 5.97 Å². The predicted molar refractivity (Wildman–Crippen MR) is 50.9 cm³/mol. The lowest BCUT2D eigenvalue weighted by molar-refractivity contribution is -0.150. The third kappa shape index (κ3) is 4.73. The average Bonchev–Trinajstić information content (AvgIpc) is 2.26. The zero-order valence-corrected chi connectivity index (χ0v) is 8.73. The van der Waals surface area contributed by atoms with Gasteiger partial charge in [-0.15, -0.1) is 0 Å². The van der Waals surface area contributed by atoms with Crippen LogP contribution in [0.1, 0.15) is 0 Å². The minimum Gasteiger partial charge on any atom is -0.467 e. The number of ether oxygens (including phenoxy) is 2. The first-order chi connectivity index (χ1) is 7.06. The fourth-order valence-corrected chi connectivity index (χ4v) is 0.841. The van der Waals surface area contributed by atoms with Crippen molar-refractivity contribution in [2.75, 3.05) is 27.3 Å². The molecule has 7 nitrogen and oxygen atoms in total. The highest BCUT2D eigenvalue weighted by Crippen LogP contribution is 1.89. The van der Waals surface area contributed by atoms with Crippen LogP contribution < -0.4 is 11.1 Å². The molecule has 4 N–H and O–H groups in total. The topological polar surface area (TPSA) is 111 Å². The number of aliphatic hydroxyl groups is 1. The van der Waals surface area contributed by atoms with E-state index >= 15 is 0 Å². The van der Waals surface area contributed by atoms with Gasteiger partial charge in [-0.25, -0.2) is 4.79 Å². The van der Waals surface area contributed by atoms with Crippen molar-refractivity contribution in [2.24, 2.45) is 5.73 Å². The molecule has 1 amide bonds. The number of carbonyl (C=O) groups excluding carboxylic acids is 2. The summed E-state index contributed by atoms with van der Waals surface area (Å²) in [7, 11) is 2.49. The van der Waals surface area contributed by atoms with Gasteiger partial charge in [-0.2, -0.15) is 0 Å². The van der Waals surface area contributed by atoms with Gasteiger partial charge in [0.25, 0.3) is 5.91 Å². The first-order valence-electron chi connectivity index (χ1n) is 4.33. The summed E-state index contributed by atoms with van der Waals surface area (Å²) in [5.74, 6) is -1.29. The van der Waals surface area contributed by atoms with Crippen LogP contribution in [0.5, 0.6) is 0 Å². The molecule has 0 saturated carbocycles. The molecule has 0 saturated heterocycles. The lowest BCUT2D eigenvalue weighted by Gasteiger charge is -2.14. The van der Waals surface area contributed by atoms with E-state index < -0.39 is 24.1 Å². The van der Waals surface area contributed by atoms with E-state index in [1.807, 2.05) is 0 Å². The molecule has 0 rings (SSSR count). The second-order valence-corrected chi connectivity index (χ2v) is 2.74. The van der Waals surface area contributed by atoms with Crippen LogP contribution in [0.25, 0.3) is 0 Å². The minimum atomic E-state index is -1.38. The third-order valence-electron chi connectivity index (χ3n) is 1.73. The number of carbonyl (C=O) groups is 2. The van der Waals surface area contributed by atoms with Gasteiger partial charge in [-0.3, -0.25) is 4.79 Å². The quantitative estimate of drug-likeness (QED) is 0.431. The van der Waals surface area contributed by atoms with Crippen LogP contribution in [0.4, 0.5) is 0 Å². The number of methoxy groups -OCH3 is 2.